The van der Waals surface area contributed by atoms with Gasteiger partial charge in [-0.3, -0.25) is 0 Å². The van der Waals surface area contributed by atoms with Crippen molar-refractivity contribution in [2.75, 3.05) is 18.8 Å². The van der Waals surface area contributed by atoms with E-state index in [9.17, 15) is 12.8 Å². The van der Waals surface area contributed by atoms with Gasteiger partial charge in [-0.15, -0.1) is 0 Å². The first-order valence-electron chi connectivity index (χ1n) is 7.87. The molecule has 3 rings (SSSR count). The van der Waals surface area contributed by atoms with Crippen LogP contribution < -0.4 is 9.64 Å². The number of hydrogen-bond donors (Lipinski definition) is 0. The SMILES string of the molecule is COCOc1ccc(N2C=CC=CC2S(=O)(=O)c2ccccc2)c(F)c1. The van der Waals surface area contributed by atoms with E-state index in [1.165, 1.54) is 42.4 Å². The Kier molecular flexibility index (Phi) is 5.39. The van der Waals surface area contributed by atoms with E-state index < -0.39 is 21.0 Å². The number of anilines is 1. The van der Waals surface area contributed by atoms with Crippen molar-refractivity contribution in [3.05, 3.63) is 78.8 Å². The molecule has 1 unspecified atom stereocenters. The molecule has 0 spiro atoms. The monoisotopic (exact) mass is 375 g/mol. The van der Waals surface area contributed by atoms with Gasteiger partial charge in [0.1, 0.15) is 5.75 Å². The van der Waals surface area contributed by atoms with Crippen molar-refractivity contribution in [1.29, 1.82) is 0 Å². The lowest BCUT2D eigenvalue weighted by Crippen LogP contribution is -2.38. The Hall–Kier alpha value is -2.64. The van der Waals surface area contributed by atoms with E-state index >= 15 is 0 Å². The van der Waals surface area contributed by atoms with Gasteiger partial charge in [0.2, 0.25) is 9.84 Å². The molecule has 2 aromatic rings. The number of nitrogens with zero attached hydrogens (tertiary/aromatic N) is 1. The van der Waals surface area contributed by atoms with Crippen LogP contribution in [0.25, 0.3) is 0 Å². The fourth-order valence-electron chi connectivity index (χ4n) is 2.61. The zero-order chi connectivity index (χ0) is 18.6. The highest BCUT2D eigenvalue weighted by atomic mass is 32.2. The van der Waals surface area contributed by atoms with Crippen LogP contribution in [0.15, 0.2) is 77.9 Å². The average Bonchev–Trinajstić information content (AvgIpc) is 2.67. The quantitative estimate of drug-likeness (QED) is 0.724. The molecule has 1 aliphatic rings. The van der Waals surface area contributed by atoms with Gasteiger partial charge < -0.3 is 14.4 Å². The molecule has 0 bridgehead atoms. The number of allylic oxidation sites excluding steroid dienone is 2. The van der Waals surface area contributed by atoms with E-state index in [0.29, 0.717) is 5.75 Å². The van der Waals surface area contributed by atoms with Gasteiger partial charge >= 0.3 is 0 Å². The molecule has 5 nitrogen and oxygen atoms in total. The molecule has 0 N–H and O–H groups in total. The zero-order valence-corrected chi connectivity index (χ0v) is 14.9. The van der Waals surface area contributed by atoms with Crippen LogP contribution in [0.3, 0.4) is 0 Å². The second-order valence-corrected chi connectivity index (χ2v) is 7.59. The first-order valence-corrected chi connectivity index (χ1v) is 9.42. The highest BCUT2D eigenvalue weighted by molar-refractivity contribution is 7.92. The van der Waals surface area contributed by atoms with Crippen LogP contribution in [0.4, 0.5) is 10.1 Å². The summed E-state index contributed by atoms with van der Waals surface area (Å²) < 4.78 is 50.6. The van der Waals surface area contributed by atoms with Crippen LogP contribution in [0, 0.1) is 5.82 Å². The second-order valence-electron chi connectivity index (χ2n) is 5.55. The smallest absolute Gasteiger partial charge is 0.203 e. The Balaban J connectivity index is 1.96. The van der Waals surface area contributed by atoms with Gasteiger partial charge in [-0.1, -0.05) is 24.3 Å². The minimum atomic E-state index is -3.73. The molecule has 136 valence electrons. The largest absolute Gasteiger partial charge is 0.467 e. The number of methoxy groups -OCH3 is 1. The van der Waals surface area contributed by atoms with Crippen molar-refractivity contribution in [2.24, 2.45) is 0 Å². The molecule has 1 aliphatic heterocycles. The lowest BCUT2D eigenvalue weighted by Gasteiger charge is -2.30. The molecule has 0 radical (unpaired) electrons. The average molecular weight is 375 g/mol. The number of hydrogen-bond acceptors (Lipinski definition) is 5. The van der Waals surface area contributed by atoms with E-state index in [-0.39, 0.29) is 17.4 Å². The Labute approximate surface area is 151 Å². The summed E-state index contributed by atoms with van der Waals surface area (Å²) >= 11 is 0. The summed E-state index contributed by atoms with van der Waals surface area (Å²) in [5.41, 5.74) is 0.139. The number of ether oxygens (including phenoxy) is 2. The van der Waals surface area contributed by atoms with Crippen molar-refractivity contribution in [1.82, 2.24) is 0 Å². The van der Waals surface area contributed by atoms with Gasteiger partial charge in [0, 0.05) is 19.4 Å². The van der Waals surface area contributed by atoms with Crippen LogP contribution in [0.5, 0.6) is 5.75 Å². The fraction of sp³-hybridized carbons (Fsp3) is 0.158. The van der Waals surface area contributed by atoms with E-state index in [4.69, 9.17) is 9.47 Å². The van der Waals surface area contributed by atoms with Crippen LogP contribution in [0.1, 0.15) is 0 Å². The highest BCUT2D eigenvalue weighted by Gasteiger charge is 2.32. The second kappa shape index (κ2) is 7.72. The van der Waals surface area contributed by atoms with Crippen molar-refractivity contribution in [2.45, 2.75) is 10.3 Å². The first kappa shape index (κ1) is 18.2. The van der Waals surface area contributed by atoms with Gasteiger partial charge in [0.05, 0.1) is 10.6 Å². The summed E-state index contributed by atoms with van der Waals surface area (Å²) in [6.45, 7) is -0.00382. The molecular weight excluding hydrogens is 357 g/mol. The van der Waals surface area contributed by atoms with E-state index in [1.54, 1.807) is 42.6 Å². The minimum Gasteiger partial charge on any atom is -0.467 e. The van der Waals surface area contributed by atoms with E-state index in [1.807, 2.05) is 0 Å². The predicted molar refractivity (Wildman–Crippen MR) is 97.1 cm³/mol. The van der Waals surface area contributed by atoms with E-state index in [2.05, 4.69) is 0 Å². The number of benzene rings is 2. The molecule has 2 aromatic carbocycles. The number of rotatable bonds is 6. The fourth-order valence-corrected chi connectivity index (χ4v) is 4.21. The molecule has 0 saturated heterocycles. The molecule has 7 heteroatoms. The number of sulfone groups is 1. The normalized spacial score (nSPS) is 16.7. The summed E-state index contributed by atoms with van der Waals surface area (Å²) in [6.07, 6.45) is 6.36. The topological polar surface area (TPSA) is 55.8 Å². The lowest BCUT2D eigenvalue weighted by atomic mass is 10.2. The molecule has 26 heavy (non-hydrogen) atoms. The van der Waals surface area contributed by atoms with Crippen LogP contribution >= 0.6 is 0 Å². The van der Waals surface area contributed by atoms with Crippen LogP contribution in [-0.4, -0.2) is 27.7 Å². The maximum absolute atomic E-state index is 14.6. The molecule has 0 saturated carbocycles. The summed E-state index contributed by atoms with van der Waals surface area (Å²) in [5.74, 6) is -0.293. The highest BCUT2D eigenvalue weighted by Crippen LogP contribution is 2.31. The molecule has 0 fully saturated rings. The predicted octanol–water partition coefficient (Wildman–Crippen LogP) is 3.50. The third kappa shape index (κ3) is 3.63. The molecule has 0 aliphatic carbocycles. The Morgan fingerprint density at radius 3 is 2.58 bits per heavy atom. The molecule has 1 heterocycles. The Morgan fingerprint density at radius 2 is 1.88 bits per heavy atom. The molecular formula is C19H18FNO4S. The minimum absolute atomic E-state index is 0.00382. The van der Waals surface area contributed by atoms with Gasteiger partial charge in [-0.2, -0.15) is 0 Å². The van der Waals surface area contributed by atoms with Gasteiger partial charge in [-0.05, 0) is 36.4 Å². The summed E-state index contributed by atoms with van der Waals surface area (Å²) in [5, 5.41) is -1.05. The standard InChI is InChI=1S/C19H18FNO4S/c1-24-14-25-15-10-11-18(17(20)13-15)21-12-6-5-9-19(21)26(22,23)16-7-3-2-4-8-16/h2-13,19H,14H2,1H3. The zero-order valence-electron chi connectivity index (χ0n) is 14.1. The maximum Gasteiger partial charge on any atom is 0.203 e. The van der Waals surface area contributed by atoms with Crippen LogP contribution in [-0.2, 0) is 14.6 Å². The number of halogens is 1. The third-order valence-corrected chi connectivity index (χ3v) is 5.79. The van der Waals surface area contributed by atoms with Crippen LogP contribution in [0.2, 0.25) is 0 Å². The summed E-state index contributed by atoms with van der Waals surface area (Å²) in [6, 6.07) is 12.4. The third-order valence-electron chi connectivity index (χ3n) is 3.84. The van der Waals surface area contributed by atoms with E-state index in [0.717, 1.165) is 0 Å². The molecule has 0 aromatic heterocycles. The Bertz CT molecular complexity index is 926. The summed E-state index contributed by atoms with van der Waals surface area (Å²) in [4.78, 5) is 1.56. The molecule has 1 atom stereocenters. The summed E-state index contributed by atoms with van der Waals surface area (Å²) in [7, 11) is -2.26. The van der Waals surface area contributed by atoms with Crippen molar-refractivity contribution < 1.29 is 22.3 Å². The first-order chi connectivity index (χ1) is 12.5. The lowest BCUT2D eigenvalue weighted by molar-refractivity contribution is 0.0509. The maximum atomic E-state index is 14.6. The van der Waals surface area contributed by atoms with Crippen molar-refractivity contribution >= 4 is 15.5 Å². The van der Waals surface area contributed by atoms with Gasteiger partial charge in [-0.25, -0.2) is 12.8 Å². The molecule has 0 amide bonds. The van der Waals surface area contributed by atoms with Crippen molar-refractivity contribution in [3.8, 4) is 5.75 Å². The Morgan fingerprint density at radius 1 is 1.12 bits per heavy atom. The van der Waals surface area contributed by atoms with Gasteiger partial charge in [0.15, 0.2) is 18.0 Å². The van der Waals surface area contributed by atoms with Crippen molar-refractivity contribution in [3.63, 3.8) is 0 Å². The van der Waals surface area contributed by atoms with Gasteiger partial charge in [0.25, 0.3) is 0 Å².